The van der Waals surface area contributed by atoms with Crippen molar-refractivity contribution in [2.75, 3.05) is 13.1 Å². The van der Waals surface area contributed by atoms with Crippen LogP contribution in [-0.2, 0) is 17.8 Å². The van der Waals surface area contributed by atoms with Crippen molar-refractivity contribution in [2.45, 2.75) is 52.5 Å². The lowest BCUT2D eigenvalue weighted by Crippen LogP contribution is -2.25. The standard InChI is InChI=1S/C17H27NO2/c1-3-5-11-18(12-6-4-2)14-16-9-7-15(8-10-16)13-17(19)20/h7-10H,3-6,11-14H2,1-2H3,(H,19,20). The van der Waals surface area contributed by atoms with Gasteiger partial charge in [-0.2, -0.15) is 0 Å². The average Bonchev–Trinajstić information content (AvgIpc) is 2.43. The van der Waals surface area contributed by atoms with E-state index in [4.69, 9.17) is 5.11 Å². The van der Waals surface area contributed by atoms with E-state index in [1.54, 1.807) is 0 Å². The molecule has 20 heavy (non-hydrogen) atoms. The van der Waals surface area contributed by atoms with Crippen LogP contribution in [0.15, 0.2) is 24.3 Å². The quantitative estimate of drug-likeness (QED) is 0.708. The first-order valence-electron chi connectivity index (χ1n) is 7.67. The first-order valence-corrected chi connectivity index (χ1v) is 7.67. The number of hydrogen-bond acceptors (Lipinski definition) is 2. The maximum absolute atomic E-state index is 10.7. The minimum absolute atomic E-state index is 0.107. The van der Waals surface area contributed by atoms with Gasteiger partial charge in [0.25, 0.3) is 0 Å². The van der Waals surface area contributed by atoms with Gasteiger partial charge < -0.3 is 5.11 Å². The molecule has 1 aromatic carbocycles. The van der Waals surface area contributed by atoms with Crippen LogP contribution in [0.5, 0.6) is 0 Å². The molecule has 3 heteroatoms. The van der Waals surface area contributed by atoms with Gasteiger partial charge in [0.2, 0.25) is 0 Å². The molecule has 0 radical (unpaired) electrons. The van der Waals surface area contributed by atoms with Gasteiger partial charge in [0.15, 0.2) is 0 Å². The van der Waals surface area contributed by atoms with Crippen molar-refractivity contribution in [3.63, 3.8) is 0 Å². The van der Waals surface area contributed by atoms with E-state index >= 15 is 0 Å². The molecule has 0 saturated carbocycles. The van der Waals surface area contributed by atoms with Gasteiger partial charge in [0.05, 0.1) is 6.42 Å². The predicted molar refractivity (Wildman–Crippen MR) is 82.9 cm³/mol. The third-order valence-electron chi connectivity index (χ3n) is 3.44. The number of carboxylic acid groups (broad SMARTS) is 1. The number of nitrogens with zero attached hydrogens (tertiary/aromatic N) is 1. The van der Waals surface area contributed by atoms with Crippen molar-refractivity contribution in [1.29, 1.82) is 0 Å². The Hall–Kier alpha value is -1.35. The molecule has 0 heterocycles. The lowest BCUT2D eigenvalue weighted by Gasteiger charge is -2.22. The second-order valence-corrected chi connectivity index (χ2v) is 5.37. The van der Waals surface area contributed by atoms with E-state index in [0.717, 1.165) is 25.2 Å². The fourth-order valence-corrected chi connectivity index (χ4v) is 2.23. The van der Waals surface area contributed by atoms with Crippen molar-refractivity contribution in [1.82, 2.24) is 4.90 Å². The smallest absolute Gasteiger partial charge is 0.307 e. The largest absolute Gasteiger partial charge is 0.481 e. The summed E-state index contributed by atoms with van der Waals surface area (Å²) in [6, 6.07) is 7.98. The molecule has 1 rings (SSSR count). The monoisotopic (exact) mass is 277 g/mol. The normalized spacial score (nSPS) is 10.9. The van der Waals surface area contributed by atoms with Crippen molar-refractivity contribution >= 4 is 5.97 Å². The van der Waals surface area contributed by atoms with Crippen LogP contribution >= 0.6 is 0 Å². The summed E-state index contributed by atoms with van der Waals surface area (Å²) in [5.41, 5.74) is 2.14. The highest BCUT2D eigenvalue weighted by molar-refractivity contribution is 5.70. The SMILES string of the molecule is CCCCN(CCCC)Cc1ccc(CC(=O)O)cc1. The summed E-state index contributed by atoms with van der Waals surface area (Å²) in [7, 11) is 0. The molecule has 0 amide bonds. The number of rotatable bonds is 10. The van der Waals surface area contributed by atoms with Crippen LogP contribution in [0.1, 0.15) is 50.7 Å². The number of unbranched alkanes of at least 4 members (excludes halogenated alkanes) is 2. The summed E-state index contributed by atoms with van der Waals surface area (Å²) in [5, 5.41) is 8.77. The molecule has 1 N–H and O–H groups in total. The van der Waals surface area contributed by atoms with Gasteiger partial charge in [0.1, 0.15) is 0 Å². The van der Waals surface area contributed by atoms with Gasteiger partial charge >= 0.3 is 5.97 Å². The average molecular weight is 277 g/mol. The predicted octanol–water partition coefficient (Wildman–Crippen LogP) is 3.72. The summed E-state index contributed by atoms with van der Waals surface area (Å²) in [6.07, 6.45) is 5.03. The summed E-state index contributed by atoms with van der Waals surface area (Å²) >= 11 is 0. The van der Waals surface area contributed by atoms with Crippen molar-refractivity contribution in [3.05, 3.63) is 35.4 Å². The Bertz CT molecular complexity index is 378. The third-order valence-corrected chi connectivity index (χ3v) is 3.44. The van der Waals surface area contributed by atoms with Crippen molar-refractivity contribution in [3.8, 4) is 0 Å². The zero-order valence-corrected chi connectivity index (χ0v) is 12.8. The van der Waals surface area contributed by atoms with Gasteiger partial charge in [-0.3, -0.25) is 9.69 Å². The molecule has 112 valence electrons. The first kappa shape index (κ1) is 16.7. The third kappa shape index (κ3) is 6.71. The van der Waals surface area contributed by atoms with Crippen LogP contribution in [0.25, 0.3) is 0 Å². The van der Waals surface area contributed by atoms with Gasteiger partial charge in [-0.15, -0.1) is 0 Å². The molecule has 0 fully saturated rings. The van der Waals surface area contributed by atoms with E-state index in [9.17, 15) is 4.79 Å². The fourth-order valence-electron chi connectivity index (χ4n) is 2.23. The molecule has 1 aromatic rings. The number of benzene rings is 1. The zero-order valence-electron chi connectivity index (χ0n) is 12.8. The molecule has 0 atom stereocenters. The zero-order chi connectivity index (χ0) is 14.8. The minimum Gasteiger partial charge on any atom is -0.481 e. The molecular weight excluding hydrogens is 250 g/mol. The molecule has 0 aliphatic heterocycles. The van der Waals surface area contributed by atoms with Gasteiger partial charge in [0, 0.05) is 6.54 Å². The van der Waals surface area contributed by atoms with E-state index in [1.165, 1.54) is 31.2 Å². The minimum atomic E-state index is -0.773. The van der Waals surface area contributed by atoms with Crippen LogP contribution in [0, 0.1) is 0 Å². The highest BCUT2D eigenvalue weighted by Crippen LogP contribution is 2.10. The highest BCUT2D eigenvalue weighted by atomic mass is 16.4. The Morgan fingerprint density at radius 1 is 1.00 bits per heavy atom. The molecule has 3 nitrogen and oxygen atoms in total. The molecule has 0 unspecified atom stereocenters. The second-order valence-electron chi connectivity index (χ2n) is 5.37. The van der Waals surface area contributed by atoms with Crippen molar-refractivity contribution < 1.29 is 9.90 Å². The van der Waals surface area contributed by atoms with Crippen LogP contribution in [0.4, 0.5) is 0 Å². The van der Waals surface area contributed by atoms with Crippen LogP contribution in [-0.4, -0.2) is 29.1 Å². The molecular formula is C17H27NO2. The first-order chi connectivity index (χ1) is 9.65. The van der Waals surface area contributed by atoms with E-state index < -0.39 is 5.97 Å². The highest BCUT2D eigenvalue weighted by Gasteiger charge is 2.06. The summed E-state index contributed by atoms with van der Waals surface area (Å²) in [4.78, 5) is 13.2. The second kappa shape index (κ2) is 9.54. The maximum atomic E-state index is 10.7. The Labute approximate surface area is 122 Å². The van der Waals surface area contributed by atoms with E-state index in [1.807, 2.05) is 12.1 Å². The topological polar surface area (TPSA) is 40.5 Å². The maximum Gasteiger partial charge on any atom is 0.307 e. The molecule has 0 bridgehead atoms. The van der Waals surface area contributed by atoms with Gasteiger partial charge in [-0.05, 0) is 37.1 Å². The van der Waals surface area contributed by atoms with Crippen molar-refractivity contribution in [2.24, 2.45) is 0 Å². The Morgan fingerprint density at radius 2 is 1.50 bits per heavy atom. The van der Waals surface area contributed by atoms with E-state index in [2.05, 4.69) is 30.9 Å². The molecule has 0 aliphatic carbocycles. The number of aliphatic carboxylic acids is 1. The molecule has 0 aromatic heterocycles. The van der Waals surface area contributed by atoms with Crippen LogP contribution in [0.2, 0.25) is 0 Å². The fraction of sp³-hybridized carbons (Fsp3) is 0.588. The Balaban J connectivity index is 2.55. The Kier molecular flexibility index (Phi) is 7.97. The molecule has 0 aliphatic rings. The summed E-state index contributed by atoms with van der Waals surface area (Å²) in [6.45, 7) is 7.70. The Morgan fingerprint density at radius 3 is 1.95 bits per heavy atom. The lowest BCUT2D eigenvalue weighted by molar-refractivity contribution is -0.136. The van der Waals surface area contributed by atoms with E-state index in [0.29, 0.717) is 0 Å². The molecule has 0 saturated heterocycles. The van der Waals surface area contributed by atoms with Gasteiger partial charge in [-0.25, -0.2) is 0 Å². The number of carbonyl (C=O) groups is 1. The molecule has 0 spiro atoms. The van der Waals surface area contributed by atoms with Crippen LogP contribution < -0.4 is 0 Å². The van der Waals surface area contributed by atoms with Crippen LogP contribution in [0.3, 0.4) is 0 Å². The number of carboxylic acids is 1. The van der Waals surface area contributed by atoms with Gasteiger partial charge in [-0.1, -0.05) is 51.0 Å². The summed E-state index contributed by atoms with van der Waals surface area (Å²) in [5.74, 6) is -0.773. The lowest BCUT2D eigenvalue weighted by atomic mass is 10.1. The number of hydrogen-bond donors (Lipinski definition) is 1. The van der Waals surface area contributed by atoms with E-state index in [-0.39, 0.29) is 6.42 Å². The summed E-state index contributed by atoms with van der Waals surface area (Å²) < 4.78 is 0.